The molecule has 1 aliphatic heterocycles. The molecular weight excluding hydrogens is 761 g/mol. The second-order valence-electron chi connectivity index (χ2n) is 15.1. The van der Waals surface area contributed by atoms with Crippen LogP contribution in [0.3, 0.4) is 0 Å². The standard InChI is InChI=1S/C39H66IN5O6/c1-13-26(6)35(44(10)39(49)33(24(2)3)42-38(48)34(25(4)5)43(8)9)30(50-11)23-32(46)45-21-17-20-29(45)36(51-12)27(7)37(47)41-31(40)22-28-18-15-14-16-19-28/h14-16,18-19,24-27,29-31,33-36H,13,17,20-23H2,1-12H3,(H,41,47)(H,42,48). The first-order valence-electron chi connectivity index (χ1n) is 18.6. The van der Waals surface area contributed by atoms with Gasteiger partial charge >= 0.3 is 0 Å². The molecule has 0 spiro atoms. The van der Waals surface area contributed by atoms with Crippen molar-refractivity contribution in [1.29, 1.82) is 0 Å². The molecule has 1 aromatic rings. The highest BCUT2D eigenvalue weighted by atomic mass is 127. The number of rotatable bonds is 20. The predicted molar refractivity (Wildman–Crippen MR) is 211 cm³/mol. The van der Waals surface area contributed by atoms with Gasteiger partial charge < -0.3 is 29.9 Å². The van der Waals surface area contributed by atoms with Crippen molar-refractivity contribution in [2.24, 2.45) is 23.7 Å². The zero-order valence-electron chi connectivity index (χ0n) is 33.1. The topological polar surface area (TPSA) is 121 Å². The van der Waals surface area contributed by atoms with Gasteiger partial charge in [0.1, 0.15) is 6.04 Å². The van der Waals surface area contributed by atoms with Gasteiger partial charge in [-0.15, -0.1) is 0 Å². The quantitative estimate of drug-likeness (QED) is 0.111. The van der Waals surface area contributed by atoms with E-state index in [-0.39, 0.29) is 63.9 Å². The van der Waals surface area contributed by atoms with Crippen LogP contribution in [0.4, 0.5) is 0 Å². The summed E-state index contributed by atoms with van der Waals surface area (Å²) in [4.78, 5) is 60.6. The monoisotopic (exact) mass is 827 g/mol. The van der Waals surface area contributed by atoms with Crippen LogP contribution in [-0.2, 0) is 35.1 Å². The summed E-state index contributed by atoms with van der Waals surface area (Å²) in [5.41, 5.74) is 1.14. The molecule has 11 nitrogen and oxygen atoms in total. The second kappa shape index (κ2) is 21.4. The van der Waals surface area contributed by atoms with E-state index >= 15 is 0 Å². The number of amides is 4. The Morgan fingerprint density at radius 3 is 2.06 bits per heavy atom. The van der Waals surface area contributed by atoms with Crippen LogP contribution < -0.4 is 10.6 Å². The van der Waals surface area contributed by atoms with E-state index in [0.717, 1.165) is 24.8 Å². The molecule has 1 heterocycles. The molecule has 12 heteroatoms. The fourth-order valence-electron chi connectivity index (χ4n) is 7.57. The van der Waals surface area contributed by atoms with Gasteiger partial charge in [0.2, 0.25) is 23.6 Å². The Balaban J connectivity index is 2.23. The molecule has 290 valence electrons. The molecule has 1 fully saturated rings. The van der Waals surface area contributed by atoms with Gasteiger partial charge in [0.05, 0.1) is 46.7 Å². The zero-order chi connectivity index (χ0) is 38.6. The maximum atomic E-state index is 14.2. The van der Waals surface area contributed by atoms with E-state index in [1.54, 1.807) is 26.2 Å². The molecule has 9 atom stereocenters. The van der Waals surface area contributed by atoms with Crippen molar-refractivity contribution in [3.8, 4) is 0 Å². The van der Waals surface area contributed by atoms with E-state index in [4.69, 9.17) is 9.47 Å². The van der Waals surface area contributed by atoms with Gasteiger partial charge in [-0.05, 0) is 50.3 Å². The van der Waals surface area contributed by atoms with Gasteiger partial charge in [0.25, 0.3) is 0 Å². The van der Waals surface area contributed by atoms with Crippen LogP contribution in [0, 0.1) is 23.7 Å². The van der Waals surface area contributed by atoms with Crippen molar-refractivity contribution in [2.45, 2.75) is 121 Å². The van der Waals surface area contributed by atoms with Crippen LogP contribution in [0.2, 0.25) is 0 Å². The number of carbonyl (C=O) groups is 4. The van der Waals surface area contributed by atoms with Gasteiger partial charge in [0, 0.05) is 34.2 Å². The number of carbonyl (C=O) groups excluding carboxylic acids is 4. The highest BCUT2D eigenvalue weighted by Crippen LogP contribution is 2.30. The first-order valence-corrected chi connectivity index (χ1v) is 19.8. The molecule has 0 aromatic heterocycles. The summed E-state index contributed by atoms with van der Waals surface area (Å²) in [6, 6.07) is 8.23. The Labute approximate surface area is 321 Å². The Morgan fingerprint density at radius 2 is 1.55 bits per heavy atom. The number of methoxy groups -OCH3 is 2. The fraction of sp³-hybridized carbons (Fsp3) is 0.744. The lowest BCUT2D eigenvalue weighted by Crippen LogP contribution is -2.59. The van der Waals surface area contributed by atoms with Crippen LogP contribution in [0.5, 0.6) is 0 Å². The minimum absolute atomic E-state index is 0.00678. The Kier molecular flexibility index (Phi) is 18.8. The first-order chi connectivity index (χ1) is 24.0. The van der Waals surface area contributed by atoms with E-state index < -0.39 is 30.2 Å². The van der Waals surface area contributed by atoms with Crippen molar-refractivity contribution in [2.75, 3.05) is 41.9 Å². The van der Waals surface area contributed by atoms with Crippen LogP contribution in [0.25, 0.3) is 0 Å². The van der Waals surface area contributed by atoms with Crippen LogP contribution in [-0.4, -0.2) is 121 Å². The van der Waals surface area contributed by atoms with Crippen molar-refractivity contribution < 1.29 is 28.7 Å². The lowest BCUT2D eigenvalue weighted by Gasteiger charge is -2.41. The van der Waals surface area contributed by atoms with Gasteiger partial charge in [0.15, 0.2) is 0 Å². The minimum atomic E-state index is -0.739. The van der Waals surface area contributed by atoms with E-state index in [1.165, 1.54) is 0 Å². The Bertz CT molecular complexity index is 1240. The van der Waals surface area contributed by atoms with Gasteiger partial charge in [-0.2, -0.15) is 0 Å². The number of alkyl halides is 1. The number of hydrogen-bond acceptors (Lipinski definition) is 7. The number of likely N-dealkylation sites (tertiary alicyclic amines) is 1. The molecule has 0 bridgehead atoms. The van der Waals surface area contributed by atoms with E-state index in [0.29, 0.717) is 13.0 Å². The minimum Gasteiger partial charge on any atom is -0.379 e. The van der Waals surface area contributed by atoms with E-state index in [1.807, 2.05) is 88.8 Å². The van der Waals surface area contributed by atoms with Crippen LogP contribution in [0.1, 0.15) is 79.7 Å². The molecular formula is C39H66IN5O6. The number of nitrogens with zero attached hydrogens (tertiary/aromatic N) is 3. The van der Waals surface area contributed by atoms with E-state index in [9.17, 15) is 19.2 Å². The average molecular weight is 828 g/mol. The number of halogens is 1. The molecule has 2 N–H and O–H groups in total. The van der Waals surface area contributed by atoms with Crippen molar-refractivity contribution >= 4 is 46.2 Å². The summed E-state index contributed by atoms with van der Waals surface area (Å²) in [5.74, 6) is -1.17. The number of ether oxygens (including phenoxy) is 2. The third-order valence-electron chi connectivity index (χ3n) is 10.5. The maximum Gasteiger partial charge on any atom is 0.245 e. The summed E-state index contributed by atoms with van der Waals surface area (Å²) >= 11 is 2.25. The third-order valence-corrected chi connectivity index (χ3v) is 11.3. The highest BCUT2D eigenvalue weighted by molar-refractivity contribution is 14.1. The molecule has 1 aromatic carbocycles. The third kappa shape index (κ3) is 12.4. The Morgan fingerprint density at radius 1 is 0.922 bits per heavy atom. The SMILES string of the molecule is CCC(C)C(C(CC(=O)N1CCCC1C(OC)C(C)C(=O)NC(I)Cc1ccccc1)OC)N(C)C(=O)C(NC(=O)C(C(C)C)N(C)C)C(C)C. The smallest absolute Gasteiger partial charge is 0.245 e. The predicted octanol–water partition coefficient (Wildman–Crippen LogP) is 4.75. The second-order valence-corrected chi connectivity index (χ2v) is 16.6. The average Bonchev–Trinajstić information content (AvgIpc) is 3.56. The maximum absolute atomic E-state index is 14.2. The number of nitrogens with one attached hydrogen (secondary N) is 2. The van der Waals surface area contributed by atoms with Crippen LogP contribution in [0.15, 0.2) is 30.3 Å². The molecule has 2 rings (SSSR count). The molecule has 4 amide bonds. The van der Waals surface area contributed by atoms with Crippen molar-refractivity contribution in [1.82, 2.24) is 25.3 Å². The molecule has 0 saturated carbocycles. The summed E-state index contributed by atoms with van der Waals surface area (Å²) in [6.07, 6.45) is 1.99. The summed E-state index contributed by atoms with van der Waals surface area (Å²) in [7, 11) is 8.67. The lowest BCUT2D eigenvalue weighted by molar-refractivity contribution is -0.148. The lowest BCUT2D eigenvalue weighted by atomic mass is 9.89. The first kappa shape index (κ1) is 44.9. The Hall–Kier alpha value is -2.29. The molecule has 9 unspecified atom stereocenters. The van der Waals surface area contributed by atoms with Crippen molar-refractivity contribution in [3.63, 3.8) is 0 Å². The summed E-state index contributed by atoms with van der Waals surface area (Å²) in [6.45, 7) is 14.4. The van der Waals surface area contributed by atoms with Gasteiger partial charge in [-0.25, -0.2) is 0 Å². The molecule has 0 radical (unpaired) electrons. The number of likely N-dealkylation sites (N-methyl/N-ethyl adjacent to an activating group) is 2. The summed E-state index contributed by atoms with van der Waals surface area (Å²) < 4.78 is 11.9. The van der Waals surface area contributed by atoms with Crippen molar-refractivity contribution in [3.05, 3.63) is 35.9 Å². The summed E-state index contributed by atoms with van der Waals surface area (Å²) in [5, 5.41) is 6.18. The van der Waals surface area contributed by atoms with Gasteiger partial charge in [-0.1, -0.05) is 108 Å². The van der Waals surface area contributed by atoms with E-state index in [2.05, 4.69) is 47.1 Å². The molecule has 51 heavy (non-hydrogen) atoms. The number of hydrogen-bond donors (Lipinski definition) is 2. The molecule has 1 saturated heterocycles. The molecule has 0 aliphatic carbocycles. The van der Waals surface area contributed by atoms with Crippen LogP contribution >= 0.6 is 22.6 Å². The normalized spacial score (nSPS) is 19.6. The highest BCUT2D eigenvalue weighted by Gasteiger charge is 2.43. The fourth-order valence-corrected chi connectivity index (χ4v) is 8.38. The molecule has 1 aliphatic rings. The van der Waals surface area contributed by atoms with Gasteiger partial charge in [-0.3, -0.25) is 24.1 Å². The largest absolute Gasteiger partial charge is 0.379 e. The number of benzene rings is 1. The zero-order valence-corrected chi connectivity index (χ0v) is 35.3.